The highest BCUT2D eigenvalue weighted by Gasteiger charge is 2.49. The summed E-state index contributed by atoms with van der Waals surface area (Å²) in [5.41, 5.74) is 6.91. The van der Waals surface area contributed by atoms with Crippen LogP contribution in [0, 0.1) is 0 Å². The molecule has 0 aromatic heterocycles. The van der Waals surface area contributed by atoms with Gasteiger partial charge in [0.25, 0.3) is 0 Å². The molecule has 1 aromatic rings. The van der Waals surface area contributed by atoms with Crippen LogP contribution >= 0.6 is 11.8 Å². The van der Waals surface area contributed by atoms with Crippen LogP contribution in [0.15, 0.2) is 34.1 Å². The summed E-state index contributed by atoms with van der Waals surface area (Å²) in [7, 11) is 4.38. The molecule has 1 saturated heterocycles. The third kappa shape index (κ3) is 4.15. The summed E-state index contributed by atoms with van der Waals surface area (Å²) in [6.07, 6.45) is 0. The smallest absolute Gasteiger partial charge is 0.338 e. The van der Waals surface area contributed by atoms with Crippen molar-refractivity contribution in [1.82, 2.24) is 4.90 Å². The van der Waals surface area contributed by atoms with Crippen molar-refractivity contribution < 1.29 is 38.1 Å². The fourth-order valence-electron chi connectivity index (χ4n) is 3.95. The number of benzene rings is 1. The number of carbonyl (C=O) groups excluding carboxylic acids is 3. The monoisotopic (exact) mass is 492 g/mol. The lowest BCUT2D eigenvalue weighted by Crippen LogP contribution is -2.40. The number of esters is 2. The standard InChI is InChI=1S/C23H28N2O8S/c1-7-32-22(27)16-15(12-9-13(29-4)18(31-6)14(10-12)30-5)17(23(28)33-8-2)21-25(19(16)24)20(26)11(3)34-21/h9-11,15H,7-8,24H2,1-6H3/t11-,15+/m1/s1. The zero-order valence-electron chi connectivity index (χ0n) is 19.9. The molecule has 0 aliphatic carbocycles. The number of hydrogen-bond donors (Lipinski definition) is 1. The predicted molar refractivity (Wildman–Crippen MR) is 124 cm³/mol. The maximum atomic E-state index is 13.3. The van der Waals surface area contributed by atoms with Crippen LogP contribution in [0.3, 0.4) is 0 Å². The van der Waals surface area contributed by atoms with Gasteiger partial charge in [0, 0.05) is 0 Å². The molecule has 0 saturated carbocycles. The Balaban J connectivity index is 2.38. The average Bonchev–Trinajstić information content (AvgIpc) is 3.11. The van der Waals surface area contributed by atoms with Crippen molar-refractivity contribution in [3.8, 4) is 17.2 Å². The van der Waals surface area contributed by atoms with E-state index < -0.39 is 23.1 Å². The van der Waals surface area contributed by atoms with Gasteiger partial charge in [-0.3, -0.25) is 9.69 Å². The number of hydrogen-bond acceptors (Lipinski definition) is 10. The van der Waals surface area contributed by atoms with Crippen molar-refractivity contribution >= 4 is 29.6 Å². The summed E-state index contributed by atoms with van der Waals surface area (Å²) in [6, 6.07) is 3.25. The molecular weight excluding hydrogens is 464 g/mol. The third-order valence-electron chi connectivity index (χ3n) is 5.40. The van der Waals surface area contributed by atoms with Gasteiger partial charge in [-0.25, -0.2) is 9.59 Å². The summed E-state index contributed by atoms with van der Waals surface area (Å²) in [5, 5.41) is -0.194. The van der Waals surface area contributed by atoms with E-state index in [-0.39, 0.29) is 36.1 Å². The highest BCUT2D eigenvalue weighted by atomic mass is 32.2. The third-order valence-corrected chi connectivity index (χ3v) is 6.58. The Labute approximate surface area is 202 Å². The summed E-state index contributed by atoms with van der Waals surface area (Å²) < 4.78 is 27.0. The van der Waals surface area contributed by atoms with Gasteiger partial charge in [0.15, 0.2) is 11.5 Å². The van der Waals surface area contributed by atoms with Gasteiger partial charge < -0.3 is 29.4 Å². The Kier molecular flexibility index (Phi) is 7.65. The van der Waals surface area contributed by atoms with Crippen LogP contribution in [-0.2, 0) is 23.9 Å². The number of nitrogens with two attached hydrogens (primary N) is 1. The number of fused-ring (bicyclic) bond motifs is 1. The Morgan fingerprint density at radius 2 is 1.50 bits per heavy atom. The second kappa shape index (κ2) is 10.3. The van der Waals surface area contributed by atoms with E-state index in [1.165, 1.54) is 38.0 Å². The van der Waals surface area contributed by atoms with E-state index in [2.05, 4.69) is 0 Å². The van der Waals surface area contributed by atoms with Gasteiger partial charge >= 0.3 is 11.9 Å². The Hall–Kier alpha value is -3.34. The Morgan fingerprint density at radius 1 is 0.971 bits per heavy atom. The van der Waals surface area contributed by atoms with Crippen molar-refractivity contribution in [2.24, 2.45) is 5.73 Å². The van der Waals surface area contributed by atoms with Crippen LogP contribution in [0.5, 0.6) is 17.2 Å². The molecule has 0 bridgehead atoms. The Morgan fingerprint density at radius 3 is 1.97 bits per heavy atom. The average molecular weight is 493 g/mol. The number of amides is 1. The first kappa shape index (κ1) is 25.3. The second-order valence-electron chi connectivity index (χ2n) is 7.28. The molecule has 1 aromatic carbocycles. The number of thioether (sulfide) groups is 1. The zero-order valence-corrected chi connectivity index (χ0v) is 20.7. The number of nitrogens with zero attached hydrogens (tertiary/aromatic N) is 1. The molecule has 10 nitrogen and oxygen atoms in total. The predicted octanol–water partition coefficient (Wildman–Crippen LogP) is 2.28. The maximum Gasteiger partial charge on any atom is 0.338 e. The molecule has 1 fully saturated rings. The van der Waals surface area contributed by atoms with Crippen LogP contribution in [0.25, 0.3) is 0 Å². The van der Waals surface area contributed by atoms with Crippen molar-refractivity contribution in [2.45, 2.75) is 31.9 Å². The van der Waals surface area contributed by atoms with E-state index in [0.717, 1.165) is 0 Å². The molecule has 34 heavy (non-hydrogen) atoms. The van der Waals surface area contributed by atoms with E-state index in [0.29, 0.717) is 27.8 Å². The van der Waals surface area contributed by atoms with E-state index in [9.17, 15) is 14.4 Å². The van der Waals surface area contributed by atoms with Crippen molar-refractivity contribution in [3.05, 3.63) is 39.7 Å². The largest absolute Gasteiger partial charge is 0.493 e. The molecule has 0 unspecified atom stereocenters. The minimum absolute atomic E-state index is 0.0500. The van der Waals surface area contributed by atoms with Crippen molar-refractivity contribution in [2.75, 3.05) is 34.5 Å². The topological polar surface area (TPSA) is 127 Å². The van der Waals surface area contributed by atoms with Gasteiger partial charge in [-0.2, -0.15) is 0 Å². The van der Waals surface area contributed by atoms with Crippen LogP contribution < -0.4 is 19.9 Å². The molecule has 2 heterocycles. The number of carbonyl (C=O) groups is 3. The molecule has 2 N–H and O–H groups in total. The lowest BCUT2D eigenvalue weighted by atomic mass is 9.82. The van der Waals surface area contributed by atoms with E-state index >= 15 is 0 Å². The molecule has 1 amide bonds. The number of rotatable bonds is 8. The first-order valence-electron chi connectivity index (χ1n) is 10.6. The maximum absolute atomic E-state index is 13.3. The molecule has 0 spiro atoms. The van der Waals surface area contributed by atoms with Gasteiger partial charge in [0.05, 0.1) is 61.9 Å². The quantitative estimate of drug-likeness (QED) is 0.540. The lowest BCUT2D eigenvalue weighted by Gasteiger charge is -2.33. The summed E-state index contributed by atoms with van der Waals surface area (Å²) >= 11 is 1.18. The molecule has 2 aliphatic heterocycles. The summed E-state index contributed by atoms with van der Waals surface area (Å²) in [5.74, 6) is -1.90. The van der Waals surface area contributed by atoms with Crippen molar-refractivity contribution in [1.29, 1.82) is 0 Å². The van der Waals surface area contributed by atoms with Crippen molar-refractivity contribution in [3.63, 3.8) is 0 Å². The highest BCUT2D eigenvalue weighted by Crippen LogP contribution is 2.51. The zero-order chi connectivity index (χ0) is 25.2. The minimum Gasteiger partial charge on any atom is -0.493 e. The summed E-state index contributed by atoms with van der Waals surface area (Å²) in [6.45, 7) is 5.19. The van der Waals surface area contributed by atoms with Gasteiger partial charge in [0.2, 0.25) is 11.7 Å². The Bertz CT molecular complexity index is 1060. The van der Waals surface area contributed by atoms with Gasteiger partial charge in [0.1, 0.15) is 5.82 Å². The van der Waals surface area contributed by atoms with E-state index in [1.54, 1.807) is 32.9 Å². The molecule has 0 radical (unpaired) electrons. The van der Waals surface area contributed by atoms with Gasteiger partial charge in [-0.1, -0.05) is 11.8 Å². The number of ether oxygens (including phenoxy) is 5. The van der Waals surface area contributed by atoms with Crippen LogP contribution in [0.1, 0.15) is 32.3 Å². The normalized spacial score (nSPS) is 19.7. The van der Waals surface area contributed by atoms with E-state index in [4.69, 9.17) is 29.4 Å². The summed E-state index contributed by atoms with van der Waals surface area (Å²) in [4.78, 5) is 40.6. The van der Waals surface area contributed by atoms with Crippen LogP contribution in [0.2, 0.25) is 0 Å². The fraction of sp³-hybridized carbons (Fsp3) is 0.435. The van der Waals surface area contributed by atoms with Gasteiger partial charge in [-0.15, -0.1) is 0 Å². The van der Waals surface area contributed by atoms with Crippen LogP contribution in [0.4, 0.5) is 0 Å². The number of methoxy groups -OCH3 is 3. The fourth-order valence-corrected chi connectivity index (χ4v) is 5.11. The van der Waals surface area contributed by atoms with E-state index in [1.807, 2.05) is 0 Å². The van der Waals surface area contributed by atoms with Gasteiger partial charge in [-0.05, 0) is 38.5 Å². The lowest BCUT2D eigenvalue weighted by molar-refractivity contribution is -0.139. The highest BCUT2D eigenvalue weighted by molar-refractivity contribution is 8.04. The minimum atomic E-state index is -1.01. The molecule has 184 valence electrons. The molecule has 11 heteroatoms. The molecule has 3 rings (SSSR count). The second-order valence-corrected chi connectivity index (χ2v) is 8.61. The molecular formula is C23H28N2O8S. The molecule has 2 aliphatic rings. The first-order chi connectivity index (χ1) is 16.2. The van der Waals surface area contributed by atoms with Crippen LogP contribution in [-0.4, -0.2) is 62.5 Å². The molecule has 2 atom stereocenters. The first-order valence-corrected chi connectivity index (χ1v) is 11.5. The SMILES string of the molecule is CCOC(=O)C1=C(N)N2C(=O)[C@@H](C)SC2=C(C(=O)OCC)[C@H]1c1cc(OC)c(OC)c(OC)c1.